The smallest absolute Gasteiger partial charge is 0.298 e. The number of nitrogens with two attached hydrogens (primary N) is 1. The number of anilines is 2. The summed E-state index contributed by atoms with van der Waals surface area (Å²) in [6.45, 7) is 3.26. The normalized spacial score (nSPS) is 20.5. The van der Waals surface area contributed by atoms with Gasteiger partial charge in [-0.1, -0.05) is 13.0 Å². The molecule has 1 aromatic heterocycles. The lowest BCUT2D eigenvalue weighted by molar-refractivity contribution is 0.416. The van der Waals surface area contributed by atoms with E-state index < -0.39 is 0 Å². The number of fused-ring (bicyclic) bond motifs is 1. The molecule has 0 aliphatic carbocycles. The first kappa shape index (κ1) is 11.4. The third-order valence-corrected chi connectivity index (χ3v) is 3.78. The number of oxazole rings is 1. The molecule has 96 valence electrons. The van der Waals surface area contributed by atoms with E-state index in [1.807, 2.05) is 18.2 Å². The van der Waals surface area contributed by atoms with Gasteiger partial charge in [-0.25, -0.2) is 0 Å². The summed E-state index contributed by atoms with van der Waals surface area (Å²) in [7, 11) is 0. The van der Waals surface area contributed by atoms with Gasteiger partial charge in [-0.3, -0.25) is 0 Å². The van der Waals surface area contributed by atoms with Gasteiger partial charge >= 0.3 is 0 Å². The number of hydrogen-bond acceptors (Lipinski definition) is 4. The van der Waals surface area contributed by atoms with Crippen LogP contribution in [0, 0.1) is 0 Å². The zero-order valence-corrected chi connectivity index (χ0v) is 10.7. The Morgan fingerprint density at radius 2 is 2.33 bits per heavy atom. The molecule has 2 N–H and O–H groups in total. The molecule has 4 heteroatoms. The van der Waals surface area contributed by atoms with Crippen LogP contribution in [0.3, 0.4) is 0 Å². The molecular weight excluding hydrogens is 226 g/mol. The van der Waals surface area contributed by atoms with Crippen LogP contribution in [-0.4, -0.2) is 17.6 Å². The van der Waals surface area contributed by atoms with Gasteiger partial charge in [-0.2, -0.15) is 4.98 Å². The van der Waals surface area contributed by atoms with Crippen molar-refractivity contribution in [1.82, 2.24) is 4.98 Å². The molecule has 1 aromatic carbocycles. The summed E-state index contributed by atoms with van der Waals surface area (Å²) in [4.78, 5) is 6.86. The summed E-state index contributed by atoms with van der Waals surface area (Å²) in [6, 6.07) is 6.97. The Labute approximate surface area is 107 Å². The van der Waals surface area contributed by atoms with E-state index in [0.29, 0.717) is 11.7 Å². The van der Waals surface area contributed by atoms with Crippen LogP contribution < -0.4 is 10.6 Å². The van der Waals surface area contributed by atoms with Gasteiger partial charge in [0.2, 0.25) is 0 Å². The fourth-order valence-corrected chi connectivity index (χ4v) is 2.76. The van der Waals surface area contributed by atoms with Crippen molar-refractivity contribution in [3.8, 4) is 0 Å². The largest absolute Gasteiger partial charge is 0.423 e. The average molecular weight is 245 g/mol. The molecule has 1 aliphatic rings. The van der Waals surface area contributed by atoms with Crippen molar-refractivity contribution in [2.24, 2.45) is 0 Å². The van der Waals surface area contributed by atoms with Gasteiger partial charge in [-0.05, 0) is 37.8 Å². The minimum Gasteiger partial charge on any atom is -0.423 e. The second-order valence-corrected chi connectivity index (χ2v) is 4.94. The van der Waals surface area contributed by atoms with Gasteiger partial charge in [0.05, 0.1) is 5.69 Å². The predicted molar refractivity (Wildman–Crippen MR) is 73.7 cm³/mol. The molecule has 0 bridgehead atoms. The second-order valence-electron chi connectivity index (χ2n) is 4.94. The number of benzene rings is 1. The summed E-state index contributed by atoms with van der Waals surface area (Å²) < 4.78 is 5.86. The molecule has 18 heavy (non-hydrogen) atoms. The van der Waals surface area contributed by atoms with E-state index in [1.165, 1.54) is 19.3 Å². The summed E-state index contributed by atoms with van der Waals surface area (Å²) in [5, 5.41) is 0. The highest BCUT2D eigenvalue weighted by atomic mass is 16.4. The van der Waals surface area contributed by atoms with E-state index in [1.54, 1.807) is 0 Å². The highest BCUT2D eigenvalue weighted by molar-refractivity contribution is 5.86. The van der Waals surface area contributed by atoms with Gasteiger partial charge in [0.25, 0.3) is 6.01 Å². The van der Waals surface area contributed by atoms with Gasteiger partial charge < -0.3 is 15.1 Å². The van der Waals surface area contributed by atoms with Crippen LogP contribution in [0.15, 0.2) is 22.6 Å². The Morgan fingerprint density at radius 1 is 1.44 bits per heavy atom. The lowest BCUT2D eigenvalue weighted by Gasteiger charge is -2.33. The SMILES string of the molecule is CCC1CCCCN1c1nc2c(N)cccc2o1. The van der Waals surface area contributed by atoms with E-state index in [-0.39, 0.29) is 0 Å². The van der Waals surface area contributed by atoms with Crippen LogP contribution in [0.25, 0.3) is 11.1 Å². The molecule has 1 unspecified atom stereocenters. The highest BCUT2D eigenvalue weighted by Crippen LogP contribution is 2.30. The molecule has 0 radical (unpaired) electrons. The number of nitrogens with zero attached hydrogens (tertiary/aromatic N) is 2. The second kappa shape index (κ2) is 4.52. The van der Waals surface area contributed by atoms with Crippen molar-refractivity contribution in [1.29, 1.82) is 0 Å². The minimum atomic E-state index is 0.549. The lowest BCUT2D eigenvalue weighted by atomic mass is 10.0. The number of aromatic nitrogens is 1. The van der Waals surface area contributed by atoms with Crippen LogP contribution in [0.5, 0.6) is 0 Å². The van der Waals surface area contributed by atoms with Crippen LogP contribution in [0.1, 0.15) is 32.6 Å². The maximum Gasteiger partial charge on any atom is 0.298 e. The Bertz CT molecular complexity index is 549. The molecule has 2 aromatic rings. The Hall–Kier alpha value is -1.71. The molecule has 1 saturated heterocycles. The summed E-state index contributed by atoms with van der Waals surface area (Å²) >= 11 is 0. The van der Waals surface area contributed by atoms with E-state index >= 15 is 0 Å². The van der Waals surface area contributed by atoms with Crippen LogP contribution in [0.2, 0.25) is 0 Å². The fraction of sp³-hybridized carbons (Fsp3) is 0.500. The monoisotopic (exact) mass is 245 g/mol. The number of piperidine rings is 1. The van der Waals surface area contributed by atoms with E-state index in [2.05, 4.69) is 16.8 Å². The highest BCUT2D eigenvalue weighted by Gasteiger charge is 2.25. The molecule has 4 nitrogen and oxygen atoms in total. The third-order valence-electron chi connectivity index (χ3n) is 3.78. The predicted octanol–water partition coefficient (Wildman–Crippen LogP) is 3.18. The van der Waals surface area contributed by atoms with Gasteiger partial charge in [0.1, 0.15) is 5.52 Å². The maximum absolute atomic E-state index is 5.93. The van der Waals surface area contributed by atoms with Crippen LogP contribution in [0.4, 0.5) is 11.7 Å². The van der Waals surface area contributed by atoms with E-state index in [9.17, 15) is 0 Å². The number of rotatable bonds is 2. The van der Waals surface area contributed by atoms with Crippen LogP contribution >= 0.6 is 0 Å². The van der Waals surface area contributed by atoms with Crippen LogP contribution in [-0.2, 0) is 0 Å². The van der Waals surface area contributed by atoms with Gasteiger partial charge in [0.15, 0.2) is 5.58 Å². The summed E-state index contributed by atoms with van der Waals surface area (Å²) in [5.41, 5.74) is 8.18. The standard InChI is InChI=1S/C14H19N3O/c1-2-10-6-3-4-9-17(10)14-16-13-11(15)7-5-8-12(13)18-14/h5,7-8,10H,2-4,6,9,15H2,1H3. The molecule has 1 fully saturated rings. The zero-order chi connectivity index (χ0) is 12.5. The minimum absolute atomic E-state index is 0.549. The maximum atomic E-state index is 5.93. The molecular formula is C14H19N3O. The molecule has 2 heterocycles. The molecule has 0 amide bonds. The van der Waals surface area contributed by atoms with Gasteiger partial charge in [-0.15, -0.1) is 0 Å². The number of para-hydroxylation sites is 1. The van der Waals surface area contributed by atoms with E-state index in [0.717, 1.165) is 30.1 Å². The lowest BCUT2D eigenvalue weighted by Crippen LogP contribution is -2.39. The Kier molecular flexibility index (Phi) is 2.86. The first-order chi connectivity index (χ1) is 8.79. The van der Waals surface area contributed by atoms with Crippen molar-refractivity contribution in [3.63, 3.8) is 0 Å². The Balaban J connectivity index is 2.00. The molecule has 0 saturated carbocycles. The molecule has 0 spiro atoms. The third kappa shape index (κ3) is 1.82. The summed E-state index contributed by atoms with van der Waals surface area (Å²) in [6.07, 6.45) is 4.88. The summed E-state index contributed by atoms with van der Waals surface area (Å²) in [5.74, 6) is 0. The first-order valence-electron chi connectivity index (χ1n) is 6.71. The number of nitrogen functional groups attached to an aromatic ring is 1. The van der Waals surface area contributed by atoms with Crippen molar-refractivity contribution < 1.29 is 4.42 Å². The fourth-order valence-electron chi connectivity index (χ4n) is 2.76. The Morgan fingerprint density at radius 3 is 3.11 bits per heavy atom. The average Bonchev–Trinajstić information content (AvgIpc) is 2.84. The molecule has 1 aliphatic heterocycles. The van der Waals surface area contributed by atoms with Gasteiger partial charge in [0, 0.05) is 12.6 Å². The quantitative estimate of drug-likeness (QED) is 0.826. The van der Waals surface area contributed by atoms with Crippen molar-refractivity contribution in [3.05, 3.63) is 18.2 Å². The van der Waals surface area contributed by atoms with Crippen molar-refractivity contribution in [2.45, 2.75) is 38.6 Å². The van der Waals surface area contributed by atoms with Crippen molar-refractivity contribution in [2.75, 3.05) is 17.2 Å². The zero-order valence-electron chi connectivity index (χ0n) is 10.7. The topological polar surface area (TPSA) is 55.3 Å². The molecule has 3 rings (SSSR count). The van der Waals surface area contributed by atoms with E-state index in [4.69, 9.17) is 10.2 Å². The first-order valence-corrected chi connectivity index (χ1v) is 6.71. The molecule has 1 atom stereocenters. The van der Waals surface area contributed by atoms with Crippen molar-refractivity contribution >= 4 is 22.8 Å². The number of hydrogen-bond donors (Lipinski definition) is 1.